The van der Waals surface area contributed by atoms with Crippen LogP contribution in [-0.4, -0.2) is 289 Å². The van der Waals surface area contributed by atoms with Crippen molar-refractivity contribution in [2.24, 2.45) is 0 Å². The molecule has 0 radical (unpaired) electrons. The molecule has 39 heteroatoms. The number of carbonyl (C=O) groups is 3. The van der Waals surface area contributed by atoms with Crippen LogP contribution >= 0.6 is 23.5 Å². The molecule has 0 aliphatic carbocycles. The van der Waals surface area contributed by atoms with Gasteiger partial charge in [-0.25, -0.2) is 13.7 Å². The predicted octanol–water partition coefficient (Wildman–Crippen LogP) is -0.434. The van der Waals surface area contributed by atoms with E-state index < -0.39 is 159 Å². The molecule has 0 spiro atoms. The van der Waals surface area contributed by atoms with Crippen LogP contribution in [0.25, 0.3) is 0 Å². The van der Waals surface area contributed by atoms with Crippen LogP contribution in [0.1, 0.15) is 131 Å². The predicted molar refractivity (Wildman–Crippen MR) is 331 cm³/mol. The lowest BCUT2D eigenvalue weighted by molar-refractivity contribution is -0.270. The number of hydrogen-bond acceptors (Lipinski definition) is 30. The van der Waals surface area contributed by atoms with Crippen molar-refractivity contribution in [1.29, 1.82) is 0 Å². The number of rotatable bonds is 58. The van der Waals surface area contributed by atoms with Gasteiger partial charge in [0.2, 0.25) is 17.7 Å². The first-order chi connectivity index (χ1) is 45.0. The number of amides is 3. The lowest BCUT2D eigenvalue weighted by Crippen LogP contribution is -2.64. The number of aliphatic hydroxyl groups is 9. The molecule has 2 aliphatic heterocycles. The van der Waals surface area contributed by atoms with Gasteiger partial charge in [-0.3, -0.25) is 41.5 Å². The zero-order valence-corrected chi connectivity index (χ0v) is 57.9. The minimum Gasteiger partial charge on any atom is -0.394 e. The average Bonchev–Trinajstić information content (AvgIpc) is 0.821. The number of unbranched alkanes of at least 4 members (excludes halogenated alkanes) is 9. The first-order valence-electron chi connectivity index (χ1n) is 32.1. The third-order valence-electron chi connectivity index (χ3n) is 14.4. The molecule has 0 bridgehead atoms. The summed E-state index contributed by atoms with van der Waals surface area (Å²) < 4.78 is 120. The molecule has 2 aliphatic rings. The van der Waals surface area contributed by atoms with Crippen LogP contribution in [-0.2, 0) is 97.9 Å². The number of carbonyl (C=O) groups excluding carboxylic acids is 3. The van der Waals surface area contributed by atoms with Crippen molar-refractivity contribution < 1.29 is 158 Å². The van der Waals surface area contributed by atoms with Crippen molar-refractivity contribution in [1.82, 2.24) is 16.0 Å². The maximum atomic E-state index is 12.6. The standard InChI is InChI=1S/C56H110N3O33P3/c1-39(64)44(34-61)90-53(43(33-60)57-40(2)65)80-23-12-6-9-15-27-84-93(72,73)87-30-18-21-78-37-56(5,83-26-20-32-89-95(76,77)86-29-17-11-8-14-25-82-55-48(59-42(4)67)52(71)50(69)46(36-63)92-55)38-79-22-19-31-88-94(74,75)85-28-16-10-7-13-24-81-54-47(58-41(3)66)51(70)49(68)45(35-62)91-54/h39,43-55,60-64,68-71H,6-38H2,1-5H3,(H,57,65)(H,58,66)(H,59,67)(H,72,73)(H,74,75)(H,76,77)/t39-,43+,44?,45?,46?,47+,48+,49+,50+,51?,52?,53-,54-,55-,56?/m1/s1. The summed E-state index contributed by atoms with van der Waals surface area (Å²) in [6, 6.07) is -3.10. The summed E-state index contributed by atoms with van der Waals surface area (Å²) in [5.74, 6) is -1.42. The Hall–Kier alpha value is -1.98. The van der Waals surface area contributed by atoms with Gasteiger partial charge in [-0.2, -0.15) is 0 Å². The van der Waals surface area contributed by atoms with Crippen molar-refractivity contribution >= 4 is 41.2 Å². The number of phosphoric acid groups is 3. The molecule has 0 aromatic heterocycles. The highest BCUT2D eigenvalue weighted by atomic mass is 31.2. The van der Waals surface area contributed by atoms with Gasteiger partial charge in [-0.15, -0.1) is 0 Å². The van der Waals surface area contributed by atoms with E-state index in [0.29, 0.717) is 77.0 Å². The highest BCUT2D eigenvalue weighted by Crippen LogP contribution is 2.45. The normalized spacial score (nSPS) is 25.5. The maximum Gasteiger partial charge on any atom is 0.472 e. The molecule has 2 rings (SSSR count). The van der Waals surface area contributed by atoms with Crippen molar-refractivity contribution in [2.75, 3.05) is 119 Å². The van der Waals surface area contributed by atoms with Crippen molar-refractivity contribution in [3.8, 4) is 0 Å². The van der Waals surface area contributed by atoms with Gasteiger partial charge in [-0.1, -0.05) is 38.5 Å². The van der Waals surface area contributed by atoms with Crippen LogP contribution in [0.4, 0.5) is 0 Å². The number of hydrogen-bond donors (Lipinski definition) is 15. The van der Waals surface area contributed by atoms with E-state index in [1.807, 2.05) is 0 Å². The fourth-order valence-corrected chi connectivity index (χ4v) is 11.7. The molecule has 2 fully saturated rings. The van der Waals surface area contributed by atoms with Crippen LogP contribution in [0, 0.1) is 0 Å². The molecule has 0 aromatic carbocycles. The first-order valence-corrected chi connectivity index (χ1v) is 36.6. The Balaban J connectivity index is 1.80. The van der Waals surface area contributed by atoms with E-state index in [2.05, 4.69) is 16.0 Å². The molecule has 0 aromatic rings. The van der Waals surface area contributed by atoms with Gasteiger partial charge in [0.1, 0.15) is 66.5 Å². The Kier molecular flexibility index (Phi) is 46.5. The van der Waals surface area contributed by atoms with E-state index >= 15 is 0 Å². The van der Waals surface area contributed by atoms with Gasteiger partial charge in [0, 0.05) is 60.4 Å². The summed E-state index contributed by atoms with van der Waals surface area (Å²) in [6.07, 6.45) is -6.91. The van der Waals surface area contributed by atoms with E-state index in [4.69, 9.17) is 69.8 Å². The van der Waals surface area contributed by atoms with Crippen molar-refractivity contribution in [3.63, 3.8) is 0 Å². The van der Waals surface area contributed by atoms with E-state index in [0.717, 1.165) is 0 Å². The molecule has 2 heterocycles. The lowest BCUT2D eigenvalue weighted by atomic mass is 9.97. The van der Waals surface area contributed by atoms with Crippen LogP contribution in [0.15, 0.2) is 0 Å². The fourth-order valence-electron chi connectivity index (χ4n) is 9.28. The van der Waals surface area contributed by atoms with Crippen LogP contribution in [0.3, 0.4) is 0 Å². The molecular formula is C56H110N3O33P3. The summed E-state index contributed by atoms with van der Waals surface area (Å²) in [5, 5.41) is 97.0. The third kappa shape index (κ3) is 39.1. The van der Waals surface area contributed by atoms with Crippen LogP contribution in [0.2, 0.25) is 0 Å². The zero-order valence-electron chi connectivity index (χ0n) is 55.2. The molecule has 95 heavy (non-hydrogen) atoms. The van der Waals surface area contributed by atoms with E-state index in [9.17, 15) is 88.7 Å². The number of nitrogens with one attached hydrogen (secondary N) is 3. The zero-order chi connectivity index (χ0) is 70.9. The Morgan fingerprint density at radius 2 is 0.842 bits per heavy atom. The second kappa shape index (κ2) is 49.6. The van der Waals surface area contributed by atoms with Crippen LogP contribution in [0.5, 0.6) is 0 Å². The molecular weight excluding hydrogens is 1340 g/mol. The summed E-state index contributed by atoms with van der Waals surface area (Å²) in [5.41, 5.74) is -1.14. The first kappa shape index (κ1) is 89.1. The highest BCUT2D eigenvalue weighted by molar-refractivity contribution is 7.47. The SMILES string of the molecule is CC(=O)N[C@@H](CO)[C@H](OCCCCCCOP(=O)(O)OCCCOCC(C)(COCCCOP(=O)(O)OCCCCCCO[C@@H]1OC(CO)[C@H](O)C(O)[C@@H]1NC(C)=O)OCCCOP(=O)(O)OCCCCCCO[C@@H]1OC(CO)[C@H](O)C(O)[C@@H]1NC(C)=O)OC(CO)[C@@H](C)O. The smallest absolute Gasteiger partial charge is 0.394 e. The maximum absolute atomic E-state index is 12.6. The summed E-state index contributed by atoms with van der Waals surface area (Å²) in [4.78, 5) is 65.7. The molecule has 18 atom stereocenters. The van der Waals surface area contributed by atoms with Crippen molar-refractivity contribution in [2.45, 2.75) is 222 Å². The van der Waals surface area contributed by atoms with Gasteiger partial charge in [0.15, 0.2) is 18.9 Å². The number of aliphatic hydroxyl groups excluding tert-OH is 9. The molecule has 15 N–H and O–H groups in total. The topological polar surface area (TPSA) is 520 Å². The average molecular weight is 1450 g/mol. The lowest BCUT2D eigenvalue weighted by Gasteiger charge is -2.42. The van der Waals surface area contributed by atoms with Gasteiger partial charge in [0.25, 0.3) is 0 Å². The molecule has 0 saturated carbocycles. The van der Waals surface area contributed by atoms with Crippen molar-refractivity contribution in [3.05, 3.63) is 0 Å². The molecule has 3 amide bonds. The molecule has 562 valence electrons. The van der Waals surface area contributed by atoms with Gasteiger partial charge < -0.3 is 119 Å². The third-order valence-corrected chi connectivity index (χ3v) is 17.4. The minimum atomic E-state index is -4.46. The Bertz CT molecular complexity index is 2210. The van der Waals surface area contributed by atoms with Gasteiger partial charge in [0.05, 0.1) is 85.4 Å². The fraction of sp³-hybridized carbons (Fsp3) is 0.946. The second-order valence-corrected chi connectivity index (χ2v) is 27.4. The largest absolute Gasteiger partial charge is 0.472 e. The van der Waals surface area contributed by atoms with Gasteiger partial charge >= 0.3 is 23.5 Å². The monoisotopic (exact) mass is 1450 g/mol. The van der Waals surface area contributed by atoms with E-state index in [1.54, 1.807) is 6.92 Å². The number of ether oxygens (including phenoxy) is 9. The Labute approximate surface area is 555 Å². The van der Waals surface area contributed by atoms with E-state index in [-0.39, 0.29) is 112 Å². The second-order valence-electron chi connectivity index (χ2n) is 23.0. The molecule has 9 unspecified atom stereocenters. The Morgan fingerprint density at radius 3 is 1.18 bits per heavy atom. The van der Waals surface area contributed by atoms with Crippen LogP contribution < -0.4 is 16.0 Å². The quantitative estimate of drug-likeness (QED) is 0.0209. The number of phosphoric ester groups is 3. The molecule has 36 nitrogen and oxygen atoms in total. The van der Waals surface area contributed by atoms with Gasteiger partial charge in [-0.05, 0) is 71.6 Å². The summed E-state index contributed by atoms with van der Waals surface area (Å²) in [6.45, 7) is 3.91. The molecule has 2 saturated heterocycles. The summed E-state index contributed by atoms with van der Waals surface area (Å²) >= 11 is 0. The highest BCUT2D eigenvalue weighted by Gasteiger charge is 2.47. The minimum absolute atomic E-state index is 0.0117. The summed E-state index contributed by atoms with van der Waals surface area (Å²) in [7, 11) is -13.3. The van der Waals surface area contributed by atoms with E-state index in [1.165, 1.54) is 27.7 Å². The Morgan fingerprint density at radius 1 is 0.484 bits per heavy atom.